The molecule has 0 saturated heterocycles. The van der Waals surface area contributed by atoms with Gasteiger partial charge in [0, 0.05) is 16.8 Å². The normalized spacial score (nSPS) is 13.9. The summed E-state index contributed by atoms with van der Waals surface area (Å²) in [5.41, 5.74) is 14.6. The van der Waals surface area contributed by atoms with Gasteiger partial charge in [0.1, 0.15) is 0 Å². The molecular weight excluding hydrogens is 641 g/mol. The van der Waals surface area contributed by atoms with E-state index < -0.39 is 0 Å². The lowest BCUT2D eigenvalue weighted by Gasteiger charge is -2.41. The Bertz CT molecular complexity index is 2890. The molecule has 0 bridgehead atoms. The van der Waals surface area contributed by atoms with Crippen molar-refractivity contribution in [1.82, 2.24) is 0 Å². The molecular formula is C51H36N2. The highest BCUT2D eigenvalue weighted by molar-refractivity contribution is 6.25. The molecule has 0 fully saturated rings. The third-order valence-electron chi connectivity index (χ3n) is 11.7. The van der Waals surface area contributed by atoms with E-state index in [1.54, 1.807) is 0 Å². The van der Waals surface area contributed by atoms with E-state index in [1.165, 1.54) is 77.1 Å². The number of para-hydroxylation sites is 2. The molecule has 250 valence electrons. The minimum Gasteiger partial charge on any atom is -0.306 e. The first-order valence-electron chi connectivity index (χ1n) is 18.5. The van der Waals surface area contributed by atoms with Crippen LogP contribution in [0.25, 0.3) is 54.6 Å². The van der Waals surface area contributed by atoms with Crippen LogP contribution in [-0.2, 0) is 5.41 Å². The molecule has 0 aromatic heterocycles. The number of benzene rings is 9. The smallest absolute Gasteiger partial charge is 0.0709 e. The first kappa shape index (κ1) is 30.0. The van der Waals surface area contributed by atoms with Gasteiger partial charge in [-0.3, -0.25) is 0 Å². The molecule has 1 aliphatic carbocycles. The van der Waals surface area contributed by atoms with Crippen molar-refractivity contribution in [2.24, 2.45) is 0 Å². The van der Waals surface area contributed by atoms with E-state index in [-0.39, 0.29) is 5.41 Å². The Morgan fingerprint density at radius 3 is 1.45 bits per heavy atom. The van der Waals surface area contributed by atoms with E-state index in [2.05, 4.69) is 206 Å². The lowest BCUT2D eigenvalue weighted by Crippen LogP contribution is -2.25. The molecule has 0 amide bonds. The molecule has 0 N–H and O–H groups in total. The zero-order chi connectivity index (χ0) is 35.3. The third kappa shape index (κ3) is 4.33. The molecule has 2 aliphatic rings. The van der Waals surface area contributed by atoms with Crippen molar-refractivity contribution >= 4 is 66.4 Å². The molecule has 0 spiro atoms. The Morgan fingerprint density at radius 2 is 0.792 bits per heavy atom. The largest absolute Gasteiger partial charge is 0.306 e. The second kappa shape index (κ2) is 11.2. The van der Waals surface area contributed by atoms with Crippen LogP contribution in [0.4, 0.5) is 34.1 Å². The maximum atomic E-state index is 2.48. The molecule has 0 saturated carbocycles. The van der Waals surface area contributed by atoms with Crippen LogP contribution in [0.1, 0.15) is 25.0 Å². The molecule has 2 heteroatoms. The highest BCUT2D eigenvalue weighted by Gasteiger charge is 2.39. The number of rotatable bonds is 3. The van der Waals surface area contributed by atoms with Gasteiger partial charge in [0.15, 0.2) is 0 Å². The van der Waals surface area contributed by atoms with Gasteiger partial charge in [0.05, 0.1) is 22.7 Å². The predicted molar refractivity (Wildman–Crippen MR) is 225 cm³/mol. The van der Waals surface area contributed by atoms with Gasteiger partial charge in [-0.1, -0.05) is 141 Å². The number of fused-ring (bicyclic) bond motifs is 11. The van der Waals surface area contributed by atoms with E-state index in [4.69, 9.17) is 0 Å². The van der Waals surface area contributed by atoms with Crippen LogP contribution in [0.5, 0.6) is 0 Å². The molecule has 53 heavy (non-hydrogen) atoms. The van der Waals surface area contributed by atoms with Crippen molar-refractivity contribution in [3.8, 4) is 22.3 Å². The van der Waals surface area contributed by atoms with E-state index in [0.29, 0.717) is 0 Å². The summed E-state index contributed by atoms with van der Waals surface area (Å²) in [5, 5.41) is 7.73. The summed E-state index contributed by atoms with van der Waals surface area (Å²) in [7, 11) is 0. The van der Waals surface area contributed by atoms with Crippen molar-refractivity contribution in [1.29, 1.82) is 0 Å². The second-order valence-corrected chi connectivity index (χ2v) is 15.0. The fourth-order valence-corrected chi connectivity index (χ4v) is 9.21. The van der Waals surface area contributed by atoms with E-state index >= 15 is 0 Å². The summed E-state index contributed by atoms with van der Waals surface area (Å²) in [4.78, 5) is 4.94. The molecule has 0 radical (unpaired) electrons. The fraction of sp³-hybridized carbons (Fsp3) is 0.0588. The van der Waals surface area contributed by atoms with Gasteiger partial charge in [-0.25, -0.2) is 0 Å². The van der Waals surface area contributed by atoms with Crippen LogP contribution in [0, 0.1) is 0 Å². The third-order valence-corrected chi connectivity index (χ3v) is 11.7. The predicted octanol–water partition coefficient (Wildman–Crippen LogP) is 14.4. The molecule has 1 heterocycles. The van der Waals surface area contributed by atoms with Crippen molar-refractivity contribution in [2.45, 2.75) is 19.3 Å². The number of anilines is 6. The summed E-state index contributed by atoms with van der Waals surface area (Å²) in [6.07, 6.45) is 0. The molecule has 0 atom stereocenters. The van der Waals surface area contributed by atoms with Gasteiger partial charge in [0.25, 0.3) is 0 Å². The zero-order valence-corrected chi connectivity index (χ0v) is 29.7. The first-order chi connectivity index (χ1) is 26.1. The summed E-state index contributed by atoms with van der Waals surface area (Å²) in [6.45, 7) is 4.73. The monoisotopic (exact) mass is 676 g/mol. The molecule has 11 rings (SSSR count). The highest BCUT2D eigenvalue weighted by atomic mass is 15.3. The van der Waals surface area contributed by atoms with Crippen LogP contribution in [0.2, 0.25) is 0 Å². The van der Waals surface area contributed by atoms with Crippen LogP contribution >= 0.6 is 0 Å². The molecule has 1 aliphatic heterocycles. The van der Waals surface area contributed by atoms with Crippen molar-refractivity contribution in [3.63, 3.8) is 0 Å². The summed E-state index contributed by atoms with van der Waals surface area (Å²) in [6, 6.07) is 67.2. The van der Waals surface area contributed by atoms with Gasteiger partial charge in [-0.05, 0) is 120 Å². The average molecular weight is 677 g/mol. The quantitative estimate of drug-likeness (QED) is 0.172. The zero-order valence-electron chi connectivity index (χ0n) is 29.7. The molecule has 0 unspecified atom stereocenters. The molecule has 9 aromatic rings. The maximum absolute atomic E-state index is 2.48. The standard InChI is InChI=1S/C51H36N2/c1-51(2)45-24-14-13-23-42(45)44-31-49-50(32-46(44)51)52(35-15-5-3-6-16-35)47-28-26-34(30-48(47)53(49)36-17-7-4-8-18-36)33-25-27-41-39-21-10-9-19-37(39)38-20-11-12-22-40(38)43(41)29-33/h3-32H,1-2H3. The molecule has 9 aromatic carbocycles. The van der Waals surface area contributed by atoms with E-state index in [9.17, 15) is 0 Å². The van der Waals surface area contributed by atoms with Crippen LogP contribution in [0.3, 0.4) is 0 Å². The number of hydrogen-bond acceptors (Lipinski definition) is 2. The van der Waals surface area contributed by atoms with Crippen molar-refractivity contribution < 1.29 is 0 Å². The minimum absolute atomic E-state index is 0.114. The minimum atomic E-state index is -0.114. The van der Waals surface area contributed by atoms with Gasteiger partial charge in [-0.15, -0.1) is 0 Å². The summed E-state index contributed by atoms with van der Waals surface area (Å²) < 4.78 is 0. The van der Waals surface area contributed by atoms with Crippen LogP contribution in [-0.4, -0.2) is 0 Å². The SMILES string of the molecule is CC1(C)c2ccccc2-c2cc3c(cc21)N(c1ccccc1)c1ccc(-c2ccc4c5ccccc5c5ccccc5c4c2)cc1N3c1ccccc1. The highest BCUT2D eigenvalue weighted by Crippen LogP contribution is 2.59. The Morgan fingerprint density at radius 1 is 0.321 bits per heavy atom. The Kier molecular flexibility index (Phi) is 6.33. The second-order valence-electron chi connectivity index (χ2n) is 15.0. The Hall–Kier alpha value is -6.64. The van der Waals surface area contributed by atoms with Crippen molar-refractivity contribution in [3.05, 3.63) is 193 Å². The Balaban J connectivity index is 1.18. The lowest BCUT2D eigenvalue weighted by molar-refractivity contribution is 0.660. The fourth-order valence-electron chi connectivity index (χ4n) is 9.21. The van der Waals surface area contributed by atoms with Crippen LogP contribution < -0.4 is 9.80 Å². The number of nitrogens with zero attached hydrogens (tertiary/aromatic N) is 2. The average Bonchev–Trinajstić information content (AvgIpc) is 3.44. The van der Waals surface area contributed by atoms with Gasteiger partial charge in [-0.2, -0.15) is 0 Å². The molecule has 2 nitrogen and oxygen atoms in total. The van der Waals surface area contributed by atoms with Crippen molar-refractivity contribution in [2.75, 3.05) is 9.80 Å². The maximum Gasteiger partial charge on any atom is 0.0709 e. The summed E-state index contributed by atoms with van der Waals surface area (Å²) >= 11 is 0. The Labute approximate surface area is 309 Å². The number of hydrogen-bond donors (Lipinski definition) is 0. The summed E-state index contributed by atoms with van der Waals surface area (Å²) in [5.74, 6) is 0. The van der Waals surface area contributed by atoms with E-state index in [0.717, 1.165) is 22.7 Å². The van der Waals surface area contributed by atoms with Gasteiger partial charge >= 0.3 is 0 Å². The van der Waals surface area contributed by atoms with E-state index in [1.807, 2.05) is 0 Å². The van der Waals surface area contributed by atoms with Gasteiger partial charge in [0.2, 0.25) is 0 Å². The lowest BCUT2D eigenvalue weighted by atomic mass is 9.82. The topological polar surface area (TPSA) is 6.48 Å². The van der Waals surface area contributed by atoms with Crippen LogP contribution in [0.15, 0.2) is 182 Å². The van der Waals surface area contributed by atoms with Gasteiger partial charge < -0.3 is 9.80 Å². The first-order valence-corrected chi connectivity index (χ1v) is 18.5.